The zero-order valence-corrected chi connectivity index (χ0v) is 20.6. The Balaban J connectivity index is 1.16. The van der Waals surface area contributed by atoms with Crippen LogP contribution in [0.1, 0.15) is 62.5 Å². The summed E-state index contributed by atoms with van der Waals surface area (Å²) in [5.74, 6) is 4.82. The van der Waals surface area contributed by atoms with Crippen molar-refractivity contribution in [1.82, 2.24) is 4.90 Å². The molecule has 0 unspecified atom stereocenters. The summed E-state index contributed by atoms with van der Waals surface area (Å²) in [7, 11) is 2.14. The van der Waals surface area contributed by atoms with Gasteiger partial charge in [-0.25, -0.2) is 4.79 Å². The van der Waals surface area contributed by atoms with Gasteiger partial charge in [0.2, 0.25) is 0 Å². The zero-order valence-electron chi connectivity index (χ0n) is 20.6. The van der Waals surface area contributed by atoms with Crippen LogP contribution in [-0.2, 0) is 11.2 Å². The SMILES string of the molecule is Cc1c(OC2CCN(C)CC2)ccc2cc(CC(=O)CC3C4CC5CC(C4)CC3C5)c(=O)oc12. The highest BCUT2D eigenvalue weighted by Crippen LogP contribution is 2.57. The lowest BCUT2D eigenvalue weighted by atomic mass is 9.51. The molecule has 1 aromatic carbocycles. The van der Waals surface area contributed by atoms with Gasteiger partial charge in [0.05, 0.1) is 0 Å². The molecule has 7 rings (SSSR count). The summed E-state index contributed by atoms with van der Waals surface area (Å²) >= 11 is 0. The van der Waals surface area contributed by atoms with Crippen molar-refractivity contribution >= 4 is 16.8 Å². The number of Topliss-reactive ketones (excluding diaryl/α,β-unsaturated/α-hetero) is 1. The standard InChI is InChI=1S/C29H37NO4/c1-17-27(33-25-5-7-30(2)8-6-25)4-3-20-14-23(29(32)34-28(17)20)15-24(31)16-26-21-10-18-9-19(12-21)13-22(26)11-18/h3-4,14,18-19,21-22,25-26H,5-13,15-16H2,1-2H3. The topological polar surface area (TPSA) is 59.8 Å². The minimum Gasteiger partial charge on any atom is -0.490 e. The van der Waals surface area contributed by atoms with Gasteiger partial charge in [-0.15, -0.1) is 0 Å². The van der Waals surface area contributed by atoms with E-state index in [0.717, 1.165) is 66.3 Å². The molecule has 4 saturated carbocycles. The molecule has 1 saturated heterocycles. The molecule has 0 amide bonds. The number of hydrogen-bond acceptors (Lipinski definition) is 5. The van der Waals surface area contributed by atoms with Crippen LogP contribution in [-0.4, -0.2) is 36.9 Å². The lowest BCUT2D eigenvalue weighted by Crippen LogP contribution is -2.45. The highest BCUT2D eigenvalue weighted by atomic mass is 16.5. The number of piperidine rings is 1. The second-order valence-electron chi connectivity index (χ2n) is 11.8. The van der Waals surface area contributed by atoms with E-state index < -0.39 is 0 Å². The Morgan fingerprint density at radius 2 is 1.74 bits per heavy atom. The number of benzene rings is 1. The molecule has 0 radical (unpaired) electrons. The molecule has 4 bridgehead atoms. The predicted molar refractivity (Wildman–Crippen MR) is 132 cm³/mol. The fourth-order valence-electron chi connectivity index (χ4n) is 7.80. The van der Waals surface area contributed by atoms with Crippen LogP contribution in [0.25, 0.3) is 11.0 Å². The lowest BCUT2D eigenvalue weighted by molar-refractivity contribution is -0.123. The number of rotatable bonds is 6. The van der Waals surface area contributed by atoms with Gasteiger partial charge in [0.15, 0.2) is 0 Å². The Labute approximate surface area is 201 Å². The van der Waals surface area contributed by atoms with Gasteiger partial charge < -0.3 is 14.1 Å². The van der Waals surface area contributed by atoms with Gasteiger partial charge in [0.25, 0.3) is 0 Å². The molecular weight excluding hydrogens is 426 g/mol. The van der Waals surface area contributed by atoms with Crippen LogP contribution in [0.3, 0.4) is 0 Å². The fraction of sp³-hybridized carbons (Fsp3) is 0.655. The van der Waals surface area contributed by atoms with E-state index in [1.807, 2.05) is 25.1 Å². The number of ketones is 1. The van der Waals surface area contributed by atoms with Gasteiger partial charge in [0.1, 0.15) is 23.2 Å². The van der Waals surface area contributed by atoms with Gasteiger partial charge in [0, 0.05) is 42.4 Å². The van der Waals surface area contributed by atoms with E-state index in [9.17, 15) is 9.59 Å². The van der Waals surface area contributed by atoms with Gasteiger partial charge in [-0.1, -0.05) is 0 Å². The average Bonchev–Trinajstić information content (AvgIpc) is 2.80. The number of nitrogens with zero attached hydrogens (tertiary/aromatic N) is 1. The van der Waals surface area contributed by atoms with E-state index in [0.29, 0.717) is 23.5 Å². The van der Waals surface area contributed by atoms with Crippen LogP contribution < -0.4 is 10.4 Å². The van der Waals surface area contributed by atoms with E-state index in [1.54, 1.807) is 0 Å². The molecule has 1 aliphatic heterocycles. The van der Waals surface area contributed by atoms with Gasteiger partial charge in [-0.3, -0.25) is 4.79 Å². The number of carbonyl (C=O) groups excluding carboxylic acids is 1. The van der Waals surface area contributed by atoms with E-state index in [-0.39, 0.29) is 23.9 Å². The second kappa shape index (κ2) is 8.82. The Morgan fingerprint density at radius 3 is 2.41 bits per heavy atom. The number of hydrogen-bond donors (Lipinski definition) is 0. The predicted octanol–water partition coefficient (Wildman–Crippen LogP) is 5.15. The zero-order chi connectivity index (χ0) is 23.4. The number of carbonyl (C=O) groups is 1. The molecule has 5 nitrogen and oxygen atoms in total. The van der Waals surface area contributed by atoms with Crippen LogP contribution >= 0.6 is 0 Å². The van der Waals surface area contributed by atoms with Crippen molar-refractivity contribution in [2.45, 2.75) is 70.8 Å². The van der Waals surface area contributed by atoms with Crippen LogP contribution in [0.15, 0.2) is 27.4 Å². The average molecular weight is 464 g/mol. The lowest BCUT2D eigenvalue weighted by Gasteiger charge is -2.54. The summed E-state index contributed by atoms with van der Waals surface area (Å²) in [5.41, 5.74) is 1.54. The summed E-state index contributed by atoms with van der Waals surface area (Å²) in [4.78, 5) is 28.2. The number of ether oxygens (including phenoxy) is 1. The normalized spacial score (nSPS) is 31.3. The molecule has 0 atom stereocenters. The Morgan fingerprint density at radius 1 is 1.06 bits per heavy atom. The van der Waals surface area contributed by atoms with Crippen molar-refractivity contribution in [3.63, 3.8) is 0 Å². The molecule has 182 valence electrons. The summed E-state index contributed by atoms with van der Waals surface area (Å²) in [6.45, 7) is 4.02. The highest BCUT2D eigenvalue weighted by molar-refractivity contribution is 5.85. The summed E-state index contributed by atoms with van der Waals surface area (Å²) in [5, 5.41) is 0.866. The first kappa shape index (κ1) is 22.3. The molecular formula is C29H37NO4. The van der Waals surface area contributed by atoms with Crippen LogP contribution in [0.2, 0.25) is 0 Å². The molecule has 4 aliphatic carbocycles. The largest absolute Gasteiger partial charge is 0.490 e. The summed E-state index contributed by atoms with van der Waals surface area (Å²) in [6.07, 6.45) is 9.74. The van der Waals surface area contributed by atoms with Crippen LogP contribution in [0.4, 0.5) is 0 Å². The van der Waals surface area contributed by atoms with Crippen molar-refractivity contribution in [3.05, 3.63) is 39.7 Å². The smallest absolute Gasteiger partial charge is 0.339 e. The minimum atomic E-state index is -0.384. The maximum absolute atomic E-state index is 13.1. The highest BCUT2D eigenvalue weighted by Gasteiger charge is 2.48. The van der Waals surface area contributed by atoms with Crippen molar-refractivity contribution in [2.75, 3.05) is 20.1 Å². The van der Waals surface area contributed by atoms with Crippen molar-refractivity contribution in [2.24, 2.45) is 29.6 Å². The summed E-state index contributed by atoms with van der Waals surface area (Å²) in [6, 6.07) is 5.81. The van der Waals surface area contributed by atoms with E-state index >= 15 is 0 Å². The second-order valence-corrected chi connectivity index (χ2v) is 11.8. The Bertz CT molecular complexity index is 1110. The Hall–Kier alpha value is -2.14. The van der Waals surface area contributed by atoms with Gasteiger partial charge in [-0.2, -0.15) is 0 Å². The minimum absolute atomic E-state index is 0.188. The third-order valence-corrected chi connectivity index (χ3v) is 9.41. The van der Waals surface area contributed by atoms with Crippen LogP contribution in [0.5, 0.6) is 5.75 Å². The molecule has 5 heteroatoms. The van der Waals surface area contributed by atoms with E-state index in [2.05, 4.69) is 11.9 Å². The fourth-order valence-corrected chi connectivity index (χ4v) is 7.80. The Kier molecular flexibility index (Phi) is 5.79. The molecule has 0 N–H and O–H groups in total. The number of likely N-dealkylation sites (tertiary alicyclic amines) is 1. The number of aryl methyl sites for hydroxylation is 1. The maximum Gasteiger partial charge on any atom is 0.339 e. The first-order chi connectivity index (χ1) is 16.4. The summed E-state index contributed by atoms with van der Waals surface area (Å²) < 4.78 is 12.0. The van der Waals surface area contributed by atoms with E-state index in [1.165, 1.54) is 32.1 Å². The molecule has 5 aliphatic rings. The quantitative estimate of drug-likeness (QED) is 0.555. The molecule has 0 spiro atoms. The first-order valence-electron chi connectivity index (χ1n) is 13.4. The molecule has 2 heterocycles. The maximum atomic E-state index is 13.1. The third-order valence-electron chi connectivity index (χ3n) is 9.41. The number of fused-ring (bicyclic) bond motifs is 1. The molecule has 34 heavy (non-hydrogen) atoms. The van der Waals surface area contributed by atoms with Crippen molar-refractivity contribution < 1.29 is 13.9 Å². The molecule has 5 fully saturated rings. The van der Waals surface area contributed by atoms with Crippen LogP contribution in [0, 0.1) is 36.5 Å². The molecule has 1 aromatic heterocycles. The van der Waals surface area contributed by atoms with E-state index in [4.69, 9.17) is 9.15 Å². The van der Waals surface area contributed by atoms with Gasteiger partial charge in [-0.05, 0) is 107 Å². The van der Waals surface area contributed by atoms with Gasteiger partial charge >= 0.3 is 5.63 Å². The van der Waals surface area contributed by atoms with Crippen molar-refractivity contribution in [1.29, 1.82) is 0 Å². The monoisotopic (exact) mass is 463 g/mol. The molecule has 2 aromatic rings. The first-order valence-corrected chi connectivity index (χ1v) is 13.4. The van der Waals surface area contributed by atoms with Crippen molar-refractivity contribution in [3.8, 4) is 5.75 Å². The third kappa shape index (κ3) is 4.21.